The van der Waals surface area contributed by atoms with Gasteiger partial charge in [-0.15, -0.1) is 0 Å². The van der Waals surface area contributed by atoms with Gasteiger partial charge in [0, 0.05) is 29.7 Å². The minimum atomic E-state index is -0.771. The van der Waals surface area contributed by atoms with Crippen molar-refractivity contribution >= 4 is 29.0 Å². The van der Waals surface area contributed by atoms with Gasteiger partial charge in [-0.2, -0.15) is 0 Å². The molecule has 0 saturated carbocycles. The Balaban J connectivity index is 1.92. The van der Waals surface area contributed by atoms with E-state index in [0.29, 0.717) is 30.5 Å². The number of rotatable bonds is 4. The Labute approximate surface area is 148 Å². The van der Waals surface area contributed by atoms with Crippen molar-refractivity contribution in [3.63, 3.8) is 0 Å². The lowest BCUT2D eigenvalue weighted by Crippen LogP contribution is -2.40. The molecule has 25 heavy (non-hydrogen) atoms. The summed E-state index contributed by atoms with van der Waals surface area (Å²) in [7, 11) is 0. The Hall–Kier alpha value is -2.71. The second-order valence-electron chi connectivity index (χ2n) is 5.51. The number of hydrogen-bond acceptors (Lipinski definition) is 6. The van der Waals surface area contributed by atoms with Crippen LogP contribution in [0.5, 0.6) is 0 Å². The zero-order chi connectivity index (χ0) is 18.0. The van der Waals surface area contributed by atoms with Crippen molar-refractivity contribution in [1.29, 1.82) is 0 Å². The van der Waals surface area contributed by atoms with Gasteiger partial charge in [0.2, 0.25) is 0 Å². The van der Waals surface area contributed by atoms with Gasteiger partial charge in [-0.25, -0.2) is 4.98 Å². The third kappa shape index (κ3) is 3.54. The molecule has 3 rings (SSSR count). The van der Waals surface area contributed by atoms with Crippen LogP contribution in [-0.2, 0) is 4.74 Å². The van der Waals surface area contributed by atoms with Gasteiger partial charge in [-0.05, 0) is 6.07 Å². The van der Waals surface area contributed by atoms with E-state index in [-0.39, 0.29) is 17.4 Å². The van der Waals surface area contributed by atoms with E-state index in [1.807, 2.05) is 23.1 Å². The number of pyridine rings is 1. The first kappa shape index (κ1) is 17.1. The average Bonchev–Trinajstić information content (AvgIpc) is 2.61. The molecule has 2 N–H and O–H groups in total. The third-order valence-electron chi connectivity index (χ3n) is 3.95. The molecule has 130 valence electrons. The van der Waals surface area contributed by atoms with Crippen LogP contribution < -0.4 is 10.6 Å². The lowest BCUT2D eigenvalue weighted by Gasteiger charge is -2.34. The lowest BCUT2D eigenvalue weighted by molar-refractivity contribution is -0.385. The number of amides is 1. The van der Waals surface area contributed by atoms with Crippen LogP contribution in [0.1, 0.15) is 22.0 Å². The minimum absolute atomic E-state index is 0.00834. The molecule has 0 radical (unpaired) electrons. The summed E-state index contributed by atoms with van der Waals surface area (Å²) in [5.41, 5.74) is 5.93. The molecule has 1 aliphatic rings. The van der Waals surface area contributed by atoms with Crippen LogP contribution >= 0.6 is 11.6 Å². The molecule has 2 heterocycles. The van der Waals surface area contributed by atoms with Crippen molar-refractivity contribution in [3.05, 3.63) is 62.8 Å². The summed E-state index contributed by atoms with van der Waals surface area (Å²) < 4.78 is 5.78. The van der Waals surface area contributed by atoms with Gasteiger partial charge in [-0.1, -0.05) is 29.8 Å². The lowest BCUT2D eigenvalue weighted by atomic mass is 10.1. The smallest absolute Gasteiger partial charge is 0.288 e. The molecule has 0 spiro atoms. The van der Waals surface area contributed by atoms with Gasteiger partial charge >= 0.3 is 0 Å². The van der Waals surface area contributed by atoms with Gasteiger partial charge in [0.15, 0.2) is 0 Å². The predicted molar refractivity (Wildman–Crippen MR) is 91.8 cm³/mol. The van der Waals surface area contributed by atoms with Crippen molar-refractivity contribution < 1.29 is 14.5 Å². The number of morpholine rings is 1. The maximum absolute atomic E-state index is 11.7. The van der Waals surface area contributed by atoms with Gasteiger partial charge in [0.1, 0.15) is 18.1 Å². The first-order chi connectivity index (χ1) is 12.0. The summed E-state index contributed by atoms with van der Waals surface area (Å²) in [6, 6.07) is 8.48. The molecular formula is C16H15ClN4O4. The van der Waals surface area contributed by atoms with Crippen molar-refractivity contribution in [2.45, 2.75) is 6.10 Å². The third-order valence-corrected chi connectivity index (χ3v) is 4.29. The van der Waals surface area contributed by atoms with Gasteiger partial charge in [-0.3, -0.25) is 14.9 Å². The van der Waals surface area contributed by atoms with Gasteiger partial charge in [0.05, 0.1) is 17.1 Å². The molecule has 0 aliphatic carbocycles. The Kier molecular flexibility index (Phi) is 4.82. The molecule has 1 aromatic heterocycles. The number of nitrogens with zero attached hydrogens (tertiary/aromatic N) is 3. The van der Waals surface area contributed by atoms with Crippen LogP contribution in [0.25, 0.3) is 0 Å². The number of benzene rings is 1. The second kappa shape index (κ2) is 7.04. The zero-order valence-corrected chi connectivity index (χ0v) is 13.8. The standard InChI is InChI=1S/C16H15ClN4O4/c17-13-4-2-1-3-11(13)14-9-20(5-6-25-14)16-12(15(18)22)7-10(8-19-16)21(23)24/h1-4,7-8,14H,5-6,9H2,(H2,18,22). The topological polar surface area (TPSA) is 112 Å². The number of ether oxygens (including phenoxy) is 1. The quantitative estimate of drug-likeness (QED) is 0.659. The summed E-state index contributed by atoms with van der Waals surface area (Å²) in [4.78, 5) is 27.9. The summed E-state index contributed by atoms with van der Waals surface area (Å²) in [5, 5.41) is 11.5. The minimum Gasteiger partial charge on any atom is -0.370 e. The van der Waals surface area contributed by atoms with Crippen LogP contribution in [0.4, 0.5) is 11.5 Å². The van der Waals surface area contributed by atoms with E-state index in [1.54, 1.807) is 6.07 Å². The van der Waals surface area contributed by atoms with E-state index in [0.717, 1.165) is 17.8 Å². The first-order valence-corrected chi connectivity index (χ1v) is 7.90. The fourth-order valence-corrected chi connectivity index (χ4v) is 3.00. The number of carbonyl (C=O) groups excluding carboxylic acids is 1. The number of aromatic nitrogens is 1. The van der Waals surface area contributed by atoms with Crippen molar-refractivity contribution in [2.75, 3.05) is 24.6 Å². The highest BCUT2D eigenvalue weighted by atomic mass is 35.5. The molecule has 1 aromatic carbocycles. The number of halogens is 1. The largest absolute Gasteiger partial charge is 0.370 e. The first-order valence-electron chi connectivity index (χ1n) is 7.52. The van der Waals surface area contributed by atoms with Crippen LogP contribution in [0.3, 0.4) is 0 Å². The van der Waals surface area contributed by atoms with E-state index < -0.39 is 10.8 Å². The van der Waals surface area contributed by atoms with Crippen LogP contribution in [0.2, 0.25) is 5.02 Å². The molecule has 1 amide bonds. The number of nitro groups is 1. The van der Waals surface area contributed by atoms with Crippen molar-refractivity contribution in [2.24, 2.45) is 5.73 Å². The molecule has 1 fully saturated rings. The number of hydrogen-bond donors (Lipinski definition) is 1. The predicted octanol–water partition coefficient (Wildman–Crippen LogP) is 2.32. The monoisotopic (exact) mass is 362 g/mol. The van der Waals surface area contributed by atoms with E-state index in [9.17, 15) is 14.9 Å². The molecule has 1 unspecified atom stereocenters. The fraction of sp³-hybridized carbons (Fsp3) is 0.250. The summed E-state index contributed by atoms with van der Waals surface area (Å²) >= 11 is 6.23. The highest BCUT2D eigenvalue weighted by molar-refractivity contribution is 6.31. The normalized spacial score (nSPS) is 17.3. The molecular weight excluding hydrogens is 348 g/mol. The summed E-state index contributed by atoms with van der Waals surface area (Å²) in [6.07, 6.45) is 0.807. The molecule has 2 aromatic rings. The average molecular weight is 363 g/mol. The van der Waals surface area contributed by atoms with E-state index >= 15 is 0 Å². The SMILES string of the molecule is NC(=O)c1cc([N+](=O)[O-])cnc1N1CCOC(c2ccccc2Cl)C1. The van der Waals surface area contributed by atoms with Crippen LogP contribution in [-0.4, -0.2) is 35.5 Å². The number of anilines is 1. The molecule has 8 nitrogen and oxygen atoms in total. The number of primary amides is 1. The maximum Gasteiger partial charge on any atom is 0.288 e. The summed E-state index contributed by atoms with van der Waals surface area (Å²) in [5.74, 6) is -0.467. The Morgan fingerprint density at radius 2 is 2.20 bits per heavy atom. The van der Waals surface area contributed by atoms with Gasteiger partial charge in [0.25, 0.3) is 11.6 Å². The number of carbonyl (C=O) groups is 1. The highest BCUT2D eigenvalue weighted by Gasteiger charge is 2.28. The summed E-state index contributed by atoms with van der Waals surface area (Å²) in [6.45, 7) is 1.27. The van der Waals surface area contributed by atoms with Crippen molar-refractivity contribution in [3.8, 4) is 0 Å². The maximum atomic E-state index is 11.7. The Bertz CT molecular complexity index is 830. The van der Waals surface area contributed by atoms with E-state index in [4.69, 9.17) is 22.1 Å². The number of nitrogens with two attached hydrogens (primary N) is 1. The highest BCUT2D eigenvalue weighted by Crippen LogP contribution is 2.31. The van der Waals surface area contributed by atoms with Crippen LogP contribution in [0, 0.1) is 10.1 Å². The zero-order valence-electron chi connectivity index (χ0n) is 13.1. The fourth-order valence-electron chi connectivity index (χ4n) is 2.75. The van der Waals surface area contributed by atoms with Crippen LogP contribution in [0.15, 0.2) is 36.5 Å². The Morgan fingerprint density at radius 1 is 1.44 bits per heavy atom. The van der Waals surface area contributed by atoms with Crippen molar-refractivity contribution in [1.82, 2.24) is 4.98 Å². The second-order valence-corrected chi connectivity index (χ2v) is 5.92. The molecule has 1 atom stereocenters. The molecule has 9 heteroatoms. The Morgan fingerprint density at radius 3 is 2.88 bits per heavy atom. The van der Waals surface area contributed by atoms with Gasteiger partial charge < -0.3 is 15.4 Å². The molecule has 1 aliphatic heterocycles. The molecule has 1 saturated heterocycles. The molecule has 0 bridgehead atoms. The van der Waals surface area contributed by atoms with E-state index in [1.165, 1.54) is 0 Å². The van der Waals surface area contributed by atoms with E-state index in [2.05, 4.69) is 4.98 Å².